The molecule has 6 heteroatoms. The van der Waals surface area contributed by atoms with Gasteiger partial charge in [-0.25, -0.2) is 4.79 Å². The molecule has 0 spiro atoms. The van der Waals surface area contributed by atoms with Crippen molar-refractivity contribution in [1.82, 2.24) is 4.90 Å². The molecular weight excluding hydrogens is 298 g/mol. The molecule has 0 unspecified atom stereocenters. The quantitative estimate of drug-likeness (QED) is 0.776. The van der Waals surface area contributed by atoms with Crippen LogP contribution in [0.15, 0.2) is 0 Å². The van der Waals surface area contributed by atoms with E-state index in [1.807, 2.05) is 20.8 Å². The van der Waals surface area contributed by atoms with Crippen molar-refractivity contribution < 1.29 is 19.4 Å². The maximum Gasteiger partial charge on any atom is 0.407 e. The molecule has 0 aromatic rings. The van der Waals surface area contributed by atoms with Crippen molar-refractivity contribution in [3.05, 3.63) is 0 Å². The fourth-order valence-corrected chi connectivity index (χ4v) is 4.31. The van der Waals surface area contributed by atoms with Gasteiger partial charge in [0.1, 0.15) is 0 Å². The number of carboxylic acid groups (broad SMARTS) is 1. The topological polar surface area (TPSA) is 70.0 Å². The van der Waals surface area contributed by atoms with E-state index in [0.29, 0.717) is 13.0 Å². The Kier molecular flexibility index (Phi) is 5.13. The average molecular weight is 332 g/mol. The molecule has 1 heterocycles. The first-order valence-electron chi connectivity index (χ1n) is 7.97. The van der Waals surface area contributed by atoms with Crippen LogP contribution >= 0.6 is 0 Å². The highest BCUT2D eigenvalue weighted by Crippen LogP contribution is 2.46. The summed E-state index contributed by atoms with van der Waals surface area (Å²) in [5, 5.41) is 19.7. The van der Waals surface area contributed by atoms with Crippen LogP contribution in [0.3, 0.4) is 0 Å². The fraction of sp³-hybridized carbons (Fsp3) is 0.938. The van der Waals surface area contributed by atoms with E-state index in [-0.39, 0.29) is 23.2 Å². The second-order valence-corrected chi connectivity index (χ2v) is 13.8. The first-order valence-corrected chi connectivity index (χ1v) is 10.9. The lowest BCUT2D eigenvalue weighted by Gasteiger charge is -2.45. The smallest absolute Gasteiger partial charge is 0.407 e. The van der Waals surface area contributed by atoms with E-state index in [1.165, 1.54) is 4.90 Å². The van der Waals surface area contributed by atoms with Gasteiger partial charge in [-0.2, -0.15) is 0 Å². The van der Waals surface area contributed by atoms with Gasteiger partial charge in [-0.3, -0.25) is 4.90 Å². The summed E-state index contributed by atoms with van der Waals surface area (Å²) in [4.78, 5) is 13.1. The minimum absolute atomic E-state index is 0.0766. The van der Waals surface area contributed by atoms with Gasteiger partial charge >= 0.3 is 6.09 Å². The van der Waals surface area contributed by atoms with Crippen LogP contribution in [0.5, 0.6) is 0 Å². The monoisotopic (exact) mass is 331 g/mol. The Morgan fingerprint density at radius 2 is 1.77 bits per heavy atom. The number of hydrogen-bond acceptors (Lipinski definition) is 3. The van der Waals surface area contributed by atoms with Crippen molar-refractivity contribution >= 4 is 14.4 Å². The van der Waals surface area contributed by atoms with Gasteiger partial charge in [-0.1, -0.05) is 41.5 Å². The summed E-state index contributed by atoms with van der Waals surface area (Å²) in [6.07, 6.45) is -0.583. The van der Waals surface area contributed by atoms with Gasteiger partial charge < -0.3 is 14.6 Å². The lowest BCUT2D eigenvalue weighted by molar-refractivity contribution is -0.0121. The van der Waals surface area contributed by atoms with Crippen LogP contribution in [-0.4, -0.2) is 54.3 Å². The van der Waals surface area contributed by atoms with Gasteiger partial charge in [0.25, 0.3) is 0 Å². The number of likely N-dealkylation sites (tertiary alicyclic amines) is 1. The van der Waals surface area contributed by atoms with E-state index in [9.17, 15) is 15.0 Å². The molecule has 2 N–H and O–H groups in total. The van der Waals surface area contributed by atoms with Crippen molar-refractivity contribution in [3.8, 4) is 0 Å². The largest absolute Gasteiger partial charge is 0.465 e. The molecule has 1 amide bonds. The number of rotatable bonds is 3. The predicted octanol–water partition coefficient (Wildman–Crippen LogP) is 3.54. The zero-order valence-electron chi connectivity index (χ0n) is 15.4. The summed E-state index contributed by atoms with van der Waals surface area (Å²) in [5.74, 6) is 0. The molecule has 1 saturated heterocycles. The molecule has 0 radical (unpaired) electrons. The van der Waals surface area contributed by atoms with Gasteiger partial charge in [0.05, 0.1) is 18.2 Å². The van der Waals surface area contributed by atoms with Crippen LogP contribution in [0.1, 0.15) is 48.0 Å². The number of hydrogen-bond donors (Lipinski definition) is 2. The van der Waals surface area contributed by atoms with Crippen LogP contribution in [-0.2, 0) is 4.43 Å². The molecule has 5 nitrogen and oxygen atoms in total. The standard InChI is InChI=1S/C16H33NO4Si/c1-14(2,3)16(11-18)9-12(10-17(16)13(19)20)21-22(7,8)15(4,5)6/h12,18H,9-11H2,1-8H3,(H,19,20)/t12-,16+/m1/s1. The molecule has 1 fully saturated rings. The minimum Gasteiger partial charge on any atom is -0.465 e. The Balaban J connectivity index is 3.09. The van der Waals surface area contributed by atoms with E-state index in [4.69, 9.17) is 4.43 Å². The molecule has 0 aliphatic carbocycles. The Hall–Kier alpha value is -0.593. The third-order valence-electron chi connectivity index (χ3n) is 5.62. The maximum atomic E-state index is 11.7. The van der Waals surface area contributed by atoms with Crippen molar-refractivity contribution in [2.75, 3.05) is 13.2 Å². The minimum atomic E-state index is -1.97. The number of aliphatic hydroxyl groups is 1. The molecule has 1 aliphatic rings. The summed E-state index contributed by atoms with van der Waals surface area (Å²) in [6.45, 7) is 17.0. The number of amides is 1. The zero-order chi connectivity index (χ0) is 17.6. The van der Waals surface area contributed by atoms with E-state index >= 15 is 0 Å². The van der Waals surface area contributed by atoms with Gasteiger partial charge in [-0.15, -0.1) is 0 Å². The Bertz CT molecular complexity index is 425. The highest BCUT2D eigenvalue weighted by atomic mass is 28.4. The first-order chi connectivity index (χ1) is 9.68. The molecule has 22 heavy (non-hydrogen) atoms. The second kappa shape index (κ2) is 5.80. The summed E-state index contributed by atoms with van der Waals surface area (Å²) in [6, 6.07) is 0. The second-order valence-electron chi connectivity index (χ2n) is 9.04. The van der Waals surface area contributed by atoms with Crippen LogP contribution in [0.2, 0.25) is 18.1 Å². The summed E-state index contributed by atoms with van der Waals surface area (Å²) in [7, 11) is -1.97. The summed E-state index contributed by atoms with van der Waals surface area (Å²) in [5.41, 5.74) is -1.14. The Morgan fingerprint density at radius 1 is 1.27 bits per heavy atom. The third-order valence-corrected chi connectivity index (χ3v) is 10.2. The molecule has 2 atom stereocenters. The van der Waals surface area contributed by atoms with Crippen molar-refractivity contribution in [2.45, 2.75) is 77.7 Å². The average Bonchev–Trinajstić information content (AvgIpc) is 2.66. The summed E-state index contributed by atoms with van der Waals surface area (Å²) >= 11 is 0. The van der Waals surface area contributed by atoms with Crippen LogP contribution in [0, 0.1) is 5.41 Å². The van der Waals surface area contributed by atoms with Crippen LogP contribution in [0.25, 0.3) is 0 Å². The Labute approximate surface area is 135 Å². The highest BCUT2D eigenvalue weighted by molar-refractivity contribution is 6.74. The van der Waals surface area contributed by atoms with Crippen LogP contribution < -0.4 is 0 Å². The molecule has 130 valence electrons. The molecule has 0 aromatic carbocycles. The van der Waals surface area contributed by atoms with Gasteiger partial charge in [-0.05, 0) is 23.5 Å². The molecular formula is C16H33NO4Si. The zero-order valence-corrected chi connectivity index (χ0v) is 16.4. The van der Waals surface area contributed by atoms with Gasteiger partial charge in [0, 0.05) is 13.0 Å². The van der Waals surface area contributed by atoms with Gasteiger partial charge in [0.15, 0.2) is 8.32 Å². The predicted molar refractivity (Wildman–Crippen MR) is 90.7 cm³/mol. The number of carbonyl (C=O) groups is 1. The summed E-state index contributed by atoms with van der Waals surface area (Å²) < 4.78 is 6.42. The third kappa shape index (κ3) is 3.33. The van der Waals surface area contributed by atoms with E-state index in [0.717, 1.165) is 0 Å². The van der Waals surface area contributed by atoms with Crippen molar-refractivity contribution in [3.63, 3.8) is 0 Å². The van der Waals surface area contributed by atoms with E-state index < -0.39 is 19.9 Å². The van der Waals surface area contributed by atoms with Gasteiger partial charge in [0.2, 0.25) is 0 Å². The first kappa shape index (κ1) is 19.5. The molecule has 0 aromatic heterocycles. The SMILES string of the molecule is CC(C)(C)[C@@]1(CO)C[C@@H](O[Si](C)(C)C(C)(C)C)CN1C(=O)O. The number of nitrogens with zero attached hydrogens (tertiary/aromatic N) is 1. The molecule has 1 aliphatic heterocycles. The lowest BCUT2D eigenvalue weighted by Crippen LogP contribution is -2.57. The lowest BCUT2D eigenvalue weighted by atomic mass is 9.72. The molecule has 0 bridgehead atoms. The van der Waals surface area contributed by atoms with E-state index in [2.05, 4.69) is 33.9 Å². The normalized spacial score (nSPS) is 27.3. The molecule has 1 rings (SSSR count). The van der Waals surface area contributed by atoms with Crippen LogP contribution in [0.4, 0.5) is 4.79 Å². The van der Waals surface area contributed by atoms with E-state index in [1.54, 1.807) is 0 Å². The van der Waals surface area contributed by atoms with Crippen molar-refractivity contribution in [2.24, 2.45) is 5.41 Å². The maximum absolute atomic E-state index is 11.7. The highest BCUT2D eigenvalue weighted by Gasteiger charge is 2.56. The van der Waals surface area contributed by atoms with Crippen molar-refractivity contribution in [1.29, 1.82) is 0 Å². The Morgan fingerprint density at radius 3 is 2.05 bits per heavy atom. The number of aliphatic hydroxyl groups excluding tert-OH is 1. The molecule has 0 saturated carbocycles. The fourth-order valence-electron chi connectivity index (χ4n) is 2.96.